The third-order valence-electron chi connectivity index (χ3n) is 5.15. The van der Waals surface area contributed by atoms with Gasteiger partial charge < -0.3 is 10.2 Å². The average molecular weight is 373 g/mol. The molecule has 25 heavy (non-hydrogen) atoms. The smallest absolute Gasteiger partial charge is 0.250 e. The highest BCUT2D eigenvalue weighted by Gasteiger charge is 2.39. The molecule has 1 aliphatic rings. The summed E-state index contributed by atoms with van der Waals surface area (Å²) in [5, 5.41) is 25.4. The van der Waals surface area contributed by atoms with Crippen molar-refractivity contribution in [3.63, 3.8) is 0 Å². The molecule has 5 nitrogen and oxygen atoms in total. The van der Waals surface area contributed by atoms with Gasteiger partial charge in [0.25, 0.3) is 0 Å². The van der Waals surface area contributed by atoms with Gasteiger partial charge in [0.15, 0.2) is 0 Å². The molecule has 0 aromatic carbocycles. The van der Waals surface area contributed by atoms with E-state index in [-0.39, 0.29) is 12.5 Å². The van der Waals surface area contributed by atoms with E-state index in [1.54, 1.807) is 0 Å². The average Bonchev–Trinajstić information content (AvgIpc) is 2.54. The maximum Gasteiger partial charge on any atom is 0.250 e. The second-order valence-electron chi connectivity index (χ2n) is 7.36. The lowest BCUT2D eigenvalue weighted by atomic mass is 9.72. The zero-order chi connectivity index (χ0) is 18.7. The Hall–Kier alpha value is -0.590. The minimum atomic E-state index is -1.12. The van der Waals surface area contributed by atoms with E-state index in [0.717, 1.165) is 38.5 Å². The molecule has 146 valence electrons. The van der Waals surface area contributed by atoms with Crippen molar-refractivity contribution in [3.8, 4) is 0 Å². The third-order valence-corrected chi connectivity index (χ3v) is 5.70. The number of hydrazone groups is 1. The summed E-state index contributed by atoms with van der Waals surface area (Å²) in [4.78, 5) is 11.7. The number of amides is 1. The maximum absolute atomic E-state index is 11.7. The number of aliphatic hydroxyl groups excluding tert-OH is 1. The fourth-order valence-electron chi connectivity index (χ4n) is 4.06. The number of aliphatic hydroxyl groups is 2. The van der Waals surface area contributed by atoms with E-state index in [2.05, 4.69) is 24.4 Å². The lowest BCUT2D eigenvalue weighted by molar-refractivity contribution is -0.118. The van der Waals surface area contributed by atoms with Crippen LogP contribution >= 0.6 is 11.8 Å². The Kier molecular flexibility index (Phi) is 10.7. The second-order valence-corrected chi connectivity index (χ2v) is 8.23. The Bertz CT molecular complexity index is 413. The van der Waals surface area contributed by atoms with E-state index in [1.807, 2.05) is 6.26 Å². The summed E-state index contributed by atoms with van der Waals surface area (Å²) >= 11 is 1.42. The van der Waals surface area contributed by atoms with Crippen LogP contribution < -0.4 is 5.43 Å². The van der Waals surface area contributed by atoms with Gasteiger partial charge in [-0.15, -0.1) is 0 Å². The molecule has 1 rings (SSSR count). The Morgan fingerprint density at radius 1 is 1.20 bits per heavy atom. The first-order chi connectivity index (χ1) is 12.0. The molecular weight excluding hydrogens is 336 g/mol. The van der Waals surface area contributed by atoms with Gasteiger partial charge in [0.05, 0.1) is 18.1 Å². The number of carbonyl (C=O) groups excluding carboxylic acids is 1. The summed E-state index contributed by atoms with van der Waals surface area (Å²) < 4.78 is 0. The van der Waals surface area contributed by atoms with Gasteiger partial charge in [0.1, 0.15) is 5.60 Å². The van der Waals surface area contributed by atoms with Crippen molar-refractivity contribution in [2.75, 3.05) is 18.6 Å². The van der Waals surface area contributed by atoms with Gasteiger partial charge in [-0.3, -0.25) is 4.79 Å². The molecule has 0 heterocycles. The van der Waals surface area contributed by atoms with Crippen LogP contribution in [0.3, 0.4) is 0 Å². The molecule has 6 heteroatoms. The Morgan fingerprint density at radius 2 is 1.76 bits per heavy atom. The highest BCUT2D eigenvalue weighted by molar-refractivity contribution is 7.99. The van der Waals surface area contributed by atoms with E-state index < -0.39 is 5.60 Å². The SMILES string of the molecule is CCCC1CCCC(CCC)CC(O)(/C(CO)=N\NC(=O)CSC)C1. The molecule has 0 spiro atoms. The molecule has 0 radical (unpaired) electrons. The first kappa shape index (κ1) is 22.5. The number of carbonyl (C=O) groups is 1. The topological polar surface area (TPSA) is 81.9 Å². The zero-order valence-corrected chi connectivity index (χ0v) is 16.9. The van der Waals surface area contributed by atoms with E-state index in [0.29, 0.717) is 36.1 Å². The van der Waals surface area contributed by atoms with E-state index in [1.165, 1.54) is 18.2 Å². The van der Waals surface area contributed by atoms with Crippen molar-refractivity contribution in [3.05, 3.63) is 0 Å². The van der Waals surface area contributed by atoms with E-state index in [4.69, 9.17) is 0 Å². The van der Waals surface area contributed by atoms with E-state index in [9.17, 15) is 15.0 Å². The molecule has 2 unspecified atom stereocenters. The molecule has 0 aromatic rings. The summed E-state index contributed by atoms with van der Waals surface area (Å²) in [6.45, 7) is 4.01. The van der Waals surface area contributed by atoms with Crippen LogP contribution in [0.15, 0.2) is 5.10 Å². The fraction of sp³-hybridized carbons (Fsp3) is 0.895. The monoisotopic (exact) mass is 372 g/mol. The van der Waals surface area contributed by atoms with Gasteiger partial charge in [-0.2, -0.15) is 16.9 Å². The predicted octanol–water partition coefficient (Wildman–Crippen LogP) is 3.34. The molecule has 0 saturated heterocycles. The molecule has 1 fully saturated rings. The van der Waals surface area contributed by atoms with Crippen molar-refractivity contribution in [1.29, 1.82) is 0 Å². The van der Waals surface area contributed by atoms with Gasteiger partial charge in [0.2, 0.25) is 5.91 Å². The summed E-state index contributed by atoms with van der Waals surface area (Å²) in [6.07, 6.45) is 10.9. The van der Waals surface area contributed by atoms with Crippen LogP contribution in [-0.4, -0.2) is 46.0 Å². The molecular formula is C19H36N2O3S. The standard InChI is InChI=1S/C19H36N2O3S/c1-4-7-15-9-6-10-16(8-5-2)12-19(24,11-15)17(13-22)20-21-18(23)14-25-3/h15-16,22,24H,4-14H2,1-3H3,(H,21,23)/b20-17-. The Balaban J connectivity index is 2.99. The molecule has 0 aliphatic heterocycles. The molecule has 3 N–H and O–H groups in total. The number of nitrogens with zero attached hydrogens (tertiary/aromatic N) is 1. The number of rotatable bonds is 9. The molecule has 0 aromatic heterocycles. The van der Waals surface area contributed by atoms with Crippen LogP contribution in [0.5, 0.6) is 0 Å². The summed E-state index contributed by atoms with van der Waals surface area (Å²) in [5.41, 5.74) is 1.68. The highest BCUT2D eigenvalue weighted by atomic mass is 32.2. The normalized spacial score (nSPS) is 28.3. The van der Waals surface area contributed by atoms with Gasteiger partial charge in [-0.25, -0.2) is 5.43 Å². The highest BCUT2D eigenvalue weighted by Crippen LogP contribution is 2.37. The van der Waals surface area contributed by atoms with Gasteiger partial charge in [-0.1, -0.05) is 58.8 Å². The first-order valence-corrected chi connectivity index (χ1v) is 11.1. The van der Waals surface area contributed by atoms with E-state index >= 15 is 0 Å². The third kappa shape index (κ3) is 7.67. The molecule has 1 aliphatic carbocycles. The largest absolute Gasteiger partial charge is 0.390 e. The first-order valence-electron chi connectivity index (χ1n) is 9.67. The van der Waals surface area contributed by atoms with Crippen LogP contribution in [0.25, 0.3) is 0 Å². The quantitative estimate of drug-likeness (QED) is 0.428. The number of nitrogens with one attached hydrogen (secondary N) is 1. The van der Waals surface area contributed by atoms with Gasteiger partial charge in [0, 0.05) is 0 Å². The van der Waals surface area contributed by atoms with Crippen LogP contribution in [0.4, 0.5) is 0 Å². The zero-order valence-electron chi connectivity index (χ0n) is 16.1. The maximum atomic E-state index is 11.7. The second kappa shape index (κ2) is 11.9. The molecule has 2 atom stereocenters. The van der Waals surface area contributed by atoms with Crippen molar-refractivity contribution in [1.82, 2.24) is 5.43 Å². The van der Waals surface area contributed by atoms with Gasteiger partial charge >= 0.3 is 0 Å². The van der Waals surface area contributed by atoms with Crippen molar-refractivity contribution in [2.45, 2.75) is 77.2 Å². The fourth-order valence-corrected chi connectivity index (χ4v) is 4.39. The Labute approximate surface area is 157 Å². The summed E-state index contributed by atoms with van der Waals surface area (Å²) in [5.74, 6) is 0.993. The van der Waals surface area contributed by atoms with Crippen molar-refractivity contribution < 1.29 is 15.0 Å². The molecule has 1 amide bonds. The predicted molar refractivity (Wildman–Crippen MR) is 106 cm³/mol. The number of thioether (sulfide) groups is 1. The van der Waals surface area contributed by atoms with Crippen LogP contribution in [0, 0.1) is 11.8 Å². The lowest BCUT2D eigenvalue weighted by Crippen LogP contribution is -2.46. The minimum absolute atomic E-state index is 0.205. The van der Waals surface area contributed by atoms with Crippen molar-refractivity contribution in [2.24, 2.45) is 16.9 Å². The van der Waals surface area contributed by atoms with Crippen LogP contribution in [-0.2, 0) is 4.79 Å². The molecule has 1 saturated carbocycles. The van der Waals surface area contributed by atoms with Gasteiger partial charge in [-0.05, 0) is 30.9 Å². The van der Waals surface area contributed by atoms with Crippen LogP contribution in [0.1, 0.15) is 71.6 Å². The summed E-state index contributed by atoms with van der Waals surface area (Å²) in [6, 6.07) is 0. The van der Waals surface area contributed by atoms with Crippen LogP contribution in [0.2, 0.25) is 0 Å². The molecule has 0 bridgehead atoms. The number of hydrogen-bond donors (Lipinski definition) is 3. The number of hydrogen-bond acceptors (Lipinski definition) is 5. The Morgan fingerprint density at radius 3 is 2.20 bits per heavy atom. The lowest BCUT2D eigenvalue weighted by Gasteiger charge is -2.38. The minimum Gasteiger partial charge on any atom is -0.390 e. The van der Waals surface area contributed by atoms with Crippen molar-refractivity contribution >= 4 is 23.4 Å². The summed E-state index contributed by atoms with van der Waals surface area (Å²) in [7, 11) is 0.